The second-order valence-electron chi connectivity index (χ2n) is 5.33. The molecule has 0 atom stereocenters. The fraction of sp³-hybridized carbons (Fsp3) is 0.882. The largest absolute Gasteiger partial charge is 0.392 e. The highest BCUT2D eigenvalue weighted by molar-refractivity contribution is 4.80. The van der Waals surface area contributed by atoms with Gasteiger partial charge >= 0.3 is 0 Å². The Hall–Kier alpha value is -0.300. The number of allylic oxidation sites excluding steroid dienone is 1. The first-order valence-electron chi connectivity index (χ1n) is 8.17. The lowest BCUT2D eigenvalue weighted by Gasteiger charge is -2.02. The van der Waals surface area contributed by atoms with Crippen molar-refractivity contribution in [2.45, 2.75) is 90.4 Å². The number of unbranched alkanes of at least 4 members (excludes halogenated alkanes) is 12. The van der Waals surface area contributed by atoms with E-state index in [1.807, 2.05) is 6.08 Å². The molecule has 18 heavy (non-hydrogen) atoms. The van der Waals surface area contributed by atoms with Crippen molar-refractivity contribution in [3.8, 4) is 0 Å². The summed E-state index contributed by atoms with van der Waals surface area (Å²) in [6.45, 7) is 2.47. The van der Waals surface area contributed by atoms with E-state index in [-0.39, 0.29) is 6.61 Å². The van der Waals surface area contributed by atoms with Crippen LogP contribution in [-0.2, 0) is 0 Å². The summed E-state index contributed by atoms with van der Waals surface area (Å²) in [5.74, 6) is 0. The monoisotopic (exact) mass is 254 g/mol. The van der Waals surface area contributed by atoms with Gasteiger partial charge in [-0.25, -0.2) is 0 Å². The van der Waals surface area contributed by atoms with Crippen LogP contribution >= 0.6 is 0 Å². The number of hydrogen-bond acceptors (Lipinski definition) is 1. The number of hydrogen-bond donors (Lipinski definition) is 1. The van der Waals surface area contributed by atoms with Crippen molar-refractivity contribution < 1.29 is 5.11 Å². The predicted molar refractivity (Wildman–Crippen MR) is 81.9 cm³/mol. The molecule has 0 rings (SSSR count). The third-order valence-electron chi connectivity index (χ3n) is 3.50. The first-order chi connectivity index (χ1) is 8.91. The zero-order chi connectivity index (χ0) is 13.3. The van der Waals surface area contributed by atoms with E-state index < -0.39 is 0 Å². The second-order valence-corrected chi connectivity index (χ2v) is 5.33. The van der Waals surface area contributed by atoms with Crippen molar-refractivity contribution in [1.29, 1.82) is 0 Å². The van der Waals surface area contributed by atoms with Crippen LogP contribution in [0, 0.1) is 0 Å². The number of aliphatic hydroxyl groups excluding tert-OH is 1. The van der Waals surface area contributed by atoms with E-state index in [0.717, 1.165) is 6.42 Å². The smallest absolute Gasteiger partial charge is 0.0612 e. The summed E-state index contributed by atoms with van der Waals surface area (Å²) in [6, 6.07) is 0. The standard InChI is InChI=1S/C17H34O/c1-2-3-4-5-6-7-8-9-10-11-12-13-14-15-16-17-18/h15-16,18H,2-14,17H2,1H3/b16-15+. The minimum atomic E-state index is 0.193. The van der Waals surface area contributed by atoms with E-state index in [1.165, 1.54) is 77.0 Å². The quantitative estimate of drug-likeness (QED) is 0.315. The average Bonchev–Trinajstić information content (AvgIpc) is 2.39. The highest BCUT2D eigenvalue weighted by Gasteiger charge is 1.92. The highest BCUT2D eigenvalue weighted by Crippen LogP contribution is 2.12. The Morgan fingerprint density at radius 2 is 1.06 bits per heavy atom. The Morgan fingerprint density at radius 3 is 1.50 bits per heavy atom. The maximum atomic E-state index is 8.57. The predicted octanol–water partition coefficient (Wildman–Crippen LogP) is 5.63. The van der Waals surface area contributed by atoms with E-state index >= 15 is 0 Å². The van der Waals surface area contributed by atoms with E-state index in [4.69, 9.17) is 5.11 Å². The van der Waals surface area contributed by atoms with E-state index in [2.05, 4.69) is 13.0 Å². The van der Waals surface area contributed by atoms with Crippen LogP contribution in [0.4, 0.5) is 0 Å². The molecule has 1 N–H and O–H groups in total. The molecule has 108 valence electrons. The van der Waals surface area contributed by atoms with Crippen molar-refractivity contribution in [2.75, 3.05) is 6.61 Å². The van der Waals surface area contributed by atoms with Crippen LogP contribution in [-0.4, -0.2) is 11.7 Å². The van der Waals surface area contributed by atoms with Crippen molar-refractivity contribution >= 4 is 0 Å². The zero-order valence-corrected chi connectivity index (χ0v) is 12.5. The summed E-state index contributed by atoms with van der Waals surface area (Å²) >= 11 is 0. The molecule has 0 aromatic carbocycles. The van der Waals surface area contributed by atoms with Crippen molar-refractivity contribution in [2.24, 2.45) is 0 Å². The summed E-state index contributed by atoms with van der Waals surface area (Å²) in [7, 11) is 0. The lowest BCUT2D eigenvalue weighted by Crippen LogP contribution is -1.82. The van der Waals surface area contributed by atoms with Crippen LogP contribution in [0.25, 0.3) is 0 Å². The molecule has 0 aromatic rings. The summed E-state index contributed by atoms with van der Waals surface area (Å²) in [5, 5.41) is 8.57. The Labute approximate surface area is 115 Å². The molecule has 1 heteroatoms. The molecular formula is C17H34O. The maximum Gasteiger partial charge on any atom is 0.0612 e. The van der Waals surface area contributed by atoms with Gasteiger partial charge in [0.05, 0.1) is 6.61 Å². The van der Waals surface area contributed by atoms with E-state index in [0.29, 0.717) is 0 Å². The highest BCUT2D eigenvalue weighted by atomic mass is 16.2. The summed E-state index contributed by atoms with van der Waals surface area (Å²) < 4.78 is 0. The Bertz CT molecular complexity index is 163. The van der Waals surface area contributed by atoms with Crippen molar-refractivity contribution in [1.82, 2.24) is 0 Å². The van der Waals surface area contributed by atoms with Crippen LogP contribution in [0.15, 0.2) is 12.2 Å². The molecule has 0 bridgehead atoms. The minimum absolute atomic E-state index is 0.193. The Morgan fingerprint density at radius 1 is 0.611 bits per heavy atom. The van der Waals surface area contributed by atoms with Gasteiger partial charge in [0.2, 0.25) is 0 Å². The van der Waals surface area contributed by atoms with Crippen molar-refractivity contribution in [3.63, 3.8) is 0 Å². The van der Waals surface area contributed by atoms with Crippen LogP contribution in [0.1, 0.15) is 90.4 Å². The third-order valence-corrected chi connectivity index (χ3v) is 3.50. The summed E-state index contributed by atoms with van der Waals surface area (Å²) in [5.41, 5.74) is 0. The molecule has 0 fully saturated rings. The topological polar surface area (TPSA) is 20.2 Å². The fourth-order valence-corrected chi connectivity index (χ4v) is 2.30. The normalized spacial score (nSPS) is 11.4. The van der Waals surface area contributed by atoms with Gasteiger partial charge in [-0.05, 0) is 12.8 Å². The van der Waals surface area contributed by atoms with Crippen LogP contribution in [0.5, 0.6) is 0 Å². The molecule has 0 heterocycles. The van der Waals surface area contributed by atoms with Crippen LogP contribution < -0.4 is 0 Å². The van der Waals surface area contributed by atoms with Crippen LogP contribution in [0.3, 0.4) is 0 Å². The van der Waals surface area contributed by atoms with Gasteiger partial charge in [-0.1, -0.05) is 89.7 Å². The molecule has 0 unspecified atom stereocenters. The lowest BCUT2D eigenvalue weighted by atomic mass is 10.0. The fourth-order valence-electron chi connectivity index (χ4n) is 2.30. The molecule has 0 aliphatic rings. The van der Waals surface area contributed by atoms with Crippen LogP contribution in [0.2, 0.25) is 0 Å². The van der Waals surface area contributed by atoms with Gasteiger partial charge < -0.3 is 5.11 Å². The molecule has 0 saturated heterocycles. The maximum absolute atomic E-state index is 8.57. The molecule has 0 saturated carbocycles. The molecule has 0 amide bonds. The van der Waals surface area contributed by atoms with Gasteiger partial charge in [-0.3, -0.25) is 0 Å². The summed E-state index contributed by atoms with van der Waals surface area (Å²) in [6.07, 6.45) is 22.0. The number of rotatable bonds is 14. The Kier molecular flexibility index (Phi) is 16.4. The summed E-state index contributed by atoms with van der Waals surface area (Å²) in [4.78, 5) is 0. The van der Waals surface area contributed by atoms with Crippen molar-refractivity contribution in [3.05, 3.63) is 12.2 Å². The SMILES string of the molecule is CCCCCCCCCCCCCC/C=C/CO. The first-order valence-corrected chi connectivity index (χ1v) is 8.17. The van der Waals surface area contributed by atoms with Gasteiger partial charge in [0.25, 0.3) is 0 Å². The average molecular weight is 254 g/mol. The first kappa shape index (κ1) is 17.7. The Balaban J connectivity index is 2.92. The molecule has 0 aliphatic carbocycles. The van der Waals surface area contributed by atoms with Gasteiger partial charge in [0.1, 0.15) is 0 Å². The van der Waals surface area contributed by atoms with E-state index in [1.54, 1.807) is 0 Å². The van der Waals surface area contributed by atoms with Gasteiger partial charge in [0, 0.05) is 0 Å². The molecule has 1 nitrogen and oxygen atoms in total. The molecule has 0 aromatic heterocycles. The van der Waals surface area contributed by atoms with E-state index in [9.17, 15) is 0 Å². The van der Waals surface area contributed by atoms with Gasteiger partial charge in [-0.15, -0.1) is 0 Å². The molecule has 0 spiro atoms. The minimum Gasteiger partial charge on any atom is -0.392 e. The molecule has 0 radical (unpaired) electrons. The lowest BCUT2D eigenvalue weighted by molar-refractivity contribution is 0.342. The molecular weight excluding hydrogens is 220 g/mol. The van der Waals surface area contributed by atoms with Gasteiger partial charge in [-0.2, -0.15) is 0 Å². The second kappa shape index (κ2) is 16.7. The zero-order valence-electron chi connectivity index (χ0n) is 12.5. The van der Waals surface area contributed by atoms with Gasteiger partial charge in [0.15, 0.2) is 0 Å². The molecule has 0 aliphatic heterocycles. The number of aliphatic hydroxyl groups is 1. The third kappa shape index (κ3) is 15.7.